The van der Waals surface area contributed by atoms with Gasteiger partial charge in [-0.2, -0.15) is 5.10 Å². The van der Waals surface area contributed by atoms with Crippen molar-refractivity contribution >= 4 is 5.91 Å². The average molecular weight is 387 g/mol. The highest BCUT2D eigenvalue weighted by Crippen LogP contribution is 2.42. The number of nitrogens with zero attached hydrogens (tertiary/aromatic N) is 4. The van der Waals surface area contributed by atoms with E-state index in [1.807, 2.05) is 20.0 Å². The van der Waals surface area contributed by atoms with Crippen molar-refractivity contribution in [3.63, 3.8) is 0 Å². The van der Waals surface area contributed by atoms with Crippen molar-refractivity contribution in [3.8, 4) is 17.2 Å². The number of hydrogen-bond donors (Lipinski definition) is 1. The largest absolute Gasteiger partial charge is 0.350 e. The molecule has 2 aromatic heterocycles. The van der Waals surface area contributed by atoms with Gasteiger partial charge < -0.3 is 5.32 Å². The third-order valence-corrected chi connectivity index (χ3v) is 5.64. The second-order valence-corrected chi connectivity index (χ2v) is 8.31. The minimum absolute atomic E-state index is 0.0757. The minimum atomic E-state index is -0.0757. The second-order valence-electron chi connectivity index (χ2n) is 8.31. The van der Waals surface area contributed by atoms with Crippen LogP contribution in [0.15, 0.2) is 36.7 Å². The maximum atomic E-state index is 12.7. The molecule has 2 heterocycles. The number of amides is 1. The van der Waals surface area contributed by atoms with Gasteiger partial charge >= 0.3 is 0 Å². The quantitative estimate of drug-likeness (QED) is 0.738. The highest BCUT2D eigenvalue weighted by molar-refractivity contribution is 5.95. The lowest BCUT2D eigenvalue weighted by Crippen LogP contribution is -2.30. The lowest BCUT2D eigenvalue weighted by atomic mass is 10.0. The molecule has 3 aromatic rings. The van der Waals surface area contributed by atoms with E-state index >= 15 is 0 Å². The highest BCUT2D eigenvalue weighted by atomic mass is 16.1. The van der Waals surface area contributed by atoms with Gasteiger partial charge in [0.15, 0.2) is 0 Å². The van der Waals surface area contributed by atoms with Crippen LogP contribution in [0.5, 0.6) is 0 Å². The van der Waals surface area contributed by atoms with Crippen LogP contribution in [-0.2, 0) is 12.8 Å². The number of aromatic nitrogens is 4. The number of rotatable bonds is 4. The fourth-order valence-electron chi connectivity index (χ4n) is 4.14. The Bertz CT molecular complexity index is 1080. The SMILES string of the molecule is CC(C)NC(=O)c1cnn(-c2ncc3c(n2)-c2ccccc2CCC3)c1C1CC1. The summed E-state index contributed by atoms with van der Waals surface area (Å²) in [5.41, 5.74) is 6.26. The van der Waals surface area contributed by atoms with E-state index in [1.54, 1.807) is 10.9 Å². The molecule has 0 unspecified atom stereocenters. The molecule has 0 saturated heterocycles. The summed E-state index contributed by atoms with van der Waals surface area (Å²) in [7, 11) is 0. The van der Waals surface area contributed by atoms with Crippen LogP contribution < -0.4 is 5.32 Å². The molecule has 148 valence electrons. The molecule has 29 heavy (non-hydrogen) atoms. The minimum Gasteiger partial charge on any atom is -0.350 e. The predicted molar refractivity (Wildman–Crippen MR) is 111 cm³/mol. The topological polar surface area (TPSA) is 72.7 Å². The third kappa shape index (κ3) is 3.33. The molecular formula is C23H25N5O. The Morgan fingerprint density at radius 3 is 2.72 bits per heavy atom. The van der Waals surface area contributed by atoms with Crippen molar-refractivity contribution in [2.45, 2.75) is 57.9 Å². The van der Waals surface area contributed by atoms with Crippen molar-refractivity contribution in [2.24, 2.45) is 0 Å². The zero-order valence-electron chi connectivity index (χ0n) is 16.9. The first-order valence-corrected chi connectivity index (χ1v) is 10.4. The molecule has 6 nitrogen and oxygen atoms in total. The summed E-state index contributed by atoms with van der Waals surface area (Å²) in [6.45, 7) is 3.93. The van der Waals surface area contributed by atoms with Crippen LogP contribution in [0, 0.1) is 0 Å². The van der Waals surface area contributed by atoms with Crippen molar-refractivity contribution in [2.75, 3.05) is 0 Å². The summed E-state index contributed by atoms with van der Waals surface area (Å²) in [6.07, 6.45) is 8.86. The molecule has 0 spiro atoms. The van der Waals surface area contributed by atoms with Gasteiger partial charge in [-0.25, -0.2) is 14.6 Å². The lowest BCUT2D eigenvalue weighted by molar-refractivity contribution is 0.0942. The number of hydrogen-bond acceptors (Lipinski definition) is 4. The lowest BCUT2D eigenvalue weighted by Gasteiger charge is -2.12. The van der Waals surface area contributed by atoms with Gasteiger partial charge in [0.25, 0.3) is 11.9 Å². The number of nitrogens with one attached hydrogen (secondary N) is 1. The summed E-state index contributed by atoms with van der Waals surface area (Å²) in [6, 6.07) is 8.56. The number of carbonyl (C=O) groups excluding carboxylic acids is 1. The molecule has 1 saturated carbocycles. The van der Waals surface area contributed by atoms with E-state index in [2.05, 4.69) is 39.7 Å². The van der Waals surface area contributed by atoms with Crippen LogP contribution in [-0.4, -0.2) is 31.7 Å². The molecule has 1 aromatic carbocycles. The molecule has 0 aliphatic heterocycles. The molecule has 2 aliphatic rings. The van der Waals surface area contributed by atoms with E-state index in [0.29, 0.717) is 17.4 Å². The molecule has 1 N–H and O–H groups in total. The van der Waals surface area contributed by atoms with Crippen molar-refractivity contribution in [3.05, 3.63) is 59.0 Å². The maximum Gasteiger partial charge on any atom is 0.254 e. The van der Waals surface area contributed by atoms with E-state index in [-0.39, 0.29) is 11.9 Å². The maximum absolute atomic E-state index is 12.7. The van der Waals surface area contributed by atoms with Crippen molar-refractivity contribution in [1.29, 1.82) is 0 Å². The van der Waals surface area contributed by atoms with E-state index in [4.69, 9.17) is 4.98 Å². The Hall–Kier alpha value is -3.02. The van der Waals surface area contributed by atoms with Gasteiger partial charge in [0.1, 0.15) is 0 Å². The molecule has 5 rings (SSSR count). The van der Waals surface area contributed by atoms with Crippen LogP contribution in [0.2, 0.25) is 0 Å². The van der Waals surface area contributed by atoms with Crippen LogP contribution in [0.1, 0.15) is 66.2 Å². The Kier molecular flexibility index (Phi) is 4.42. The third-order valence-electron chi connectivity index (χ3n) is 5.64. The number of fused-ring (bicyclic) bond motifs is 3. The second kappa shape index (κ2) is 7.10. The summed E-state index contributed by atoms with van der Waals surface area (Å²) < 4.78 is 1.78. The van der Waals surface area contributed by atoms with Gasteiger partial charge in [0.05, 0.1) is 23.1 Å². The Labute approximate surface area is 170 Å². The molecule has 0 atom stereocenters. The van der Waals surface area contributed by atoms with E-state index in [1.165, 1.54) is 16.7 Å². The molecule has 0 bridgehead atoms. The molecule has 0 radical (unpaired) electrons. The van der Waals surface area contributed by atoms with Crippen molar-refractivity contribution in [1.82, 2.24) is 25.1 Å². The zero-order chi connectivity index (χ0) is 20.0. The summed E-state index contributed by atoms with van der Waals surface area (Å²) in [4.78, 5) is 22.3. The van der Waals surface area contributed by atoms with Crippen LogP contribution >= 0.6 is 0 Å². The van der Waals surface area contributed by atoms with Gasteiger partial charge in [-0.15, -0.1) is 0 Å². The molecule has 6 heteroatoms. The average Bonchev–Trinajstić information content (AvgIpc) is 3.48. The highest BCUT2D eigenvalue weighted by Gasteiger charge is 2.34. The summed E-state index contributed by atoms with van der Waals surface area (Å²) in [5.74, 6) is 0.819. The molecule has 1 fully saturated rings. The Morgan fingerprint density at radius 2 is 1.93 bits per heavy atom. The summed E-state index contributed by atoms with van der Waals surface area (Å²) >= 11 is 0. The van der Waals surface area contributed by atoms with Crippen LogP contribution in [0.3, 0.4) is 0 Å². The van der Waals surface area contributed by atoms with Gasteiger partial charge in [-0.05, 0) is 57.1 Å². The fraction of sp³-hybridized carbons (Fsp3) is 0.391. The predicted octanol–water partition coefficient (Wildman–Crippen LogP) is 3.83. The first-order valence-electron chi connectivity index (χ1n) is 10.4. The van der Waals surface area contributed by atoms with Crippen LogP contribution in [0.25, 0.3) is 17.2 Å². The van der Waals surface area contributed by atoms with Gasteiger partial charge in [-0.1, -0.05) is 24.3 Å². The van der Waals surface area contributed by atoms with Gasteiger partial charge in [-0.3, -0.25) is 4.79 Å². The van der Waals surface area contributed by atoms with E-state index in [0.717, 1.165) is 43.5 Å². The van der Waals surface area contributed by atoms with E-state index in [9.17, 15) is 4.79 Å². The standard InChI is InChI=1S/C23H25N5O/c1-14(2)26-22(29)19-13-25-28(21(19)16-10-11-16)23-24-12-17-8-5-7-15-6-3-4-9-18(15)20(17)27-23/h3-4,6,9,12-14,16H,5,7-8,10-11H2,1-2H3,(H,26,29). The number of aryl methyl sites for hydroxylation is 2. The monoisotopic (exact) mass is 387 g/mol. The van der Waals surface area contributed by atoms with Gasteiger partial charge in [0, 0.05) is 23.7 Å². The molecule has 1 amide bonds. The van der Waals surface area contributed by atoms with Crippen molar-refractivity contribution < 1.29 is 4.79 Å². The normalized spacial score (nSPS) is 15.6. The van der Waals surface area contributed by atoms with E-state index < -0.39 is 0 Å². The first-order chi connectivity index (χ1) is 14.1. The fourth-order valence-corrected chi connectivity index (χ4v) is 4.14. The van der Waals surface area contributed by atoms with Gasteiger partial charge in [0.2, 0.25) is 0 Å². The first kappa shape index (κ1) is 18.0. The number of carbonyl (C=O) groups is 1. The zero-order valence-corrected chi connectivity index (χ0v) is 16.9. The molecular weight excluding hydrogens is 362 g/mol. The molecule has 2 aliphatic carbocycles. The summed E-state index contributed by atoms with van der Waals surface area (Å²) in [5, 5.41) is 7.52. The number of benzene rings is 1. The Balaban J connectivity index is 1.61. The Morgan fingerprint density at radius 1 is 1.14 bits per heavy atom. The van der Waals surface area contributed by atoms with Crippen LogP contribution in [0.4, 0.5) is 0 Å². The smallest absolute Gasteiger partial charge is 0.254 e.